The second-order valence-corrected chi connectivity index (χ2v) is 3.79. The highest BCUT2D eigenvalue weighted by atomic mass is 19.4. The predicted octanol–water partition coefficient (Wildman–Crippen LogP) is 2.46. The van der Waals surface area contributed by atoms with Gasteiger partial charge in [0.2, 0.25) is 0 Å². The number of alkyl halides is 3. The number of pyridine rings is 1. The summed E-state index contributed by atoms with van der Waals surface area (Å²) in [6.07, 6.45) is -3.34. The van der Waals surface area contributed by atoms with Crippen LogP contribution < -0.4 is 0 Å². The van der Waals surface area contributed by atoms with Crippen LogP contribution in [0.15, 0.2) is 30.6 Å². The van der Waals surface area contributed by atoms with Crippen LogP contribution >= 0.6 is 0 Å². The summed E-state index contributed by atoms with van der Waals surface area (Å²) in [5.41, 5.74) is -2.13. The first kappa shape index (κ1) is 13.6. The molecule has 8 heteroatoms. The highest BCUT2D eigenvalue weighted by molar-refractivity contribution is 5.89. The standard InChI is InChI=1S/C12H6F3N3O2/c13-12(14,15)9-6-18(5-8(9)11(19)20)10-3-1-2-7(4-16)17-10/h1-3,5-6H,(H,19,20). The molecule has 0 fully saturated rings. The number of aromatic nitrogens is 2. The van der Waals surface area contributed by atoms with Gasteiger partial charge in [0.05, 0.1) is 11.1 Å². The van der Waals surface area contributed by atoms with Crippen LogP contribution in [0, 0.1) is 11.3 Å². The summed E-state index contributed by atoms with van der Waals surface area (Å²) in [6, 6.07) is 5.94. The Morgan fingerprint density at radius 3 is 2.55 bits per heavy atom. The lowest BCUT2D eigenvalue weighted by atomic mass is 10.2. The maximum absolute atomic E-state index is 12.7. The smallest absolute Gasteiger partial charge is 0.418 e. The van der Waals surface area contributed by atoms with Gasteiger partial charge in [0.25, 0.3) is 0 Å². The third-order valence-corrected chi connectivity index (χ3v) is 2.48. The molecule has 0 unspecified atom stereocenters. The minimum atomic E-state index is -4.79. The first-order valence-electron chi connectivity index (χ1n) is 5.23. The third-order valence-electron chi connectivity index (χ3n) is 2.48. The summed E-state index contributed by atoms with van der Waals surface area (Å²) in [6.45, 7) is 0. The van der Waals surface area contributed by atoms with Crippen LogP contribution in [0.25, 0.3) is 5.82 Å². The van der Waals surface area contributed by atoms with Crippen molar-refractivity contribution in [3.63, 3.8) is 0 Å². The summed E-state index contributed by atoms with van der Waals surface area (Å²) in [5.74, 6) is -1.66. The molecule has 102 valence electrons. The second kappa shape index (κ2) is 4.70. The first-order chi connectivity index (χ1) is 9.32. The summed E-state index contributed by atoms with van der Waals surface area (Å²) in [4.78, 5) is 14.6. The average molecular weight is 281 g/mol. The third kappa shape index (κ3) is 2.47. The minimum absolute atomic E-state index is 0.0154. The number of rotatable bonds is 2. The molecular weight excluding hydrogens is 275 g/mol. The van der Waals surface area contributed by atoms with E-state index in [0.29, 0.717) is 6.20 Å². The molecule has 2 heterocycles. The van der Waals surface area contributed by atoms with E-state index in [1.54, 1.807) is 6.07 Å². The molecule has 0 aliphatic rings. The van der Waals surface area contributed by atoms with Crippen LogP contribution in [-0.4, -0.2) is 20.6 Å². The SMILES string of the molecule is N#Cc1cccc(-n2cc(C(=O)O)c(C(F)(F)F)c2)n1. The zero-order chi connectivity index (χ0) is 14.9. The summed E-state index contributed by atoms with van der Waals surface area (Å²) in [5, 5.41) is 17.5. The van der Waals surface area contributed by atoms with Crippen LogP contribution in [0.2, 0.25) is 0 Å². The van der Waals surface area contributed by atoms with E-state index < -0.39 is 23.3 Å². The largest absolute Gasteiger partial charge is 0.478 e. The number of carboxylic acids is 1. The van der Waals surface area contributed by atoms with Crippen molar-refractivity contribution in [3.05, 3.63) is 47.4 Å². The van der Waals surface area contributed by atoms with Crippen molar-refractivity contribution in [3.8, 4) is 11.9 Å². The first-order valence-corrected chi connectivity index (χ1v) is 5.23. The van der Waals surface area contributed by atoms with Gasteiger partial charge in [0.15, 0.2) is 0 Å². The van der Waals surface area contributed by atoms with Gasteiger partial charge in [-0.15, -0.1) is 0 Å². The zero-order valence-electron chi connectivity index (χ0n) is 9.72. The van der Waals surface area contributed by atoms with Gasteiger partial charge >= 0.3 is 12.1 Å². The maximum atomic E-state index is 12.7. The monoisotopic (exact) mass is 281 g/mol. The van der Waals surface area contributed by atoms with E-state index in [4.69, 9.17) is 10.4 Å². The van der Waals surface area contributed by atoms with E-state index in [1.807, 2.05) is 0 Å². The Kier molecular flexibility index (Phi) is 3.19. The Balaban J connectivity index is 2.59. The number of carbonyl (C=O) groups is 1. The molecule has 0 saturated heterocycles. The predicted molar refractivity (Wildman–Crippen MR) is 60.2 cm³/mol. The van der Waals surface area contributed by atoms with Crippen molar-refractivity contribution in [1.82, 2.24) is 9.55 Å². The molecule has 0 spiro atoms. The van der Waals surface area contributed by atoms with Gasteiger partial charge in [-0.2, -0.15) is 18.4 Å². The Morgan fingerprint density at radius 2 is 2.05 bits per heavy atom. The molecule has 0 amide bonds. The van der Waals surface area contributed by atoms with E-state index in [2.05, 4.69) is 4.98 Å². The van der Waals surface area contributed by atoms with Gasteiger partial charge in [0, 0.05) is 12.4 Å². The number of halogens is 3. The molecule has 2 rings (SSSR count). The lowest BCUT2D eigenvalue weighted by molar-refractivity contribution is -0.138. The fraction of sp³-hybridized carbons (Fsp3) is 0.0833. The summed E-state index contributed by atoms with van der Waals surface area (Å²) in [7, 11) is 0. The quantitative estimate of drug-likeness (QED) is 0.917. The molecule has 0 saturated carbocycles. The molecule has 0 aromatic carbocycles. The number of hydrogen-bond acceptors (Lipinski definition) is 3. The zero-order valence-corrected chi connectivity index (χ0v) is 9.72. The number of hydrogen-bond donors (Lipinski definition) is 1. The van der Waals surface area contributed by atoms with Crippen LogP contribution in [0.3, 0.4) is 0 Å². The highest BCUT2D eigenvalue weighted by Crippen LogP contribution is 2.33. The second-order valence-electron chi connectivity index (χ2n) is 3.79. The molecule has 5 nitrogen and oxygen atoms in total. The van der Waals surface area contributed by atoms with E-state index in [1.165, 1.54) is 18.2 Å². The van der Waals surface area contributed by atoms with Crippen LogP contribution in [0.4, 0.5) is 13.2 Å². The van der Waals surface area contributed by atoms with Crippen molar-refractivity contribution < 1.29 is 23.1 Å². The molecule has 0 atom stereocenters. The van der Waals surface area contributed by atoms with Gasteiger partial charge in [-0.25, -0.2) is 9.78 Å². The van der Waals surface area contributed by atoms with Gasteiger partial charge in [-0.05, 0) is 12.1 Å². The van der Waals surface area contributed by atoms with E-state index >= 15 is 0 Å². The summed E-state index contributed by atoms with van der Waals surface area (Å²) >= 11 is 0. The Hall–Kier alpha value is -2.82. The molecular formula is C12H6F3N3O2. The summed E-state index contributed by atoms with van der Waals surface area (Å²) < 4.78 is 39.1. The Bertz CT molecular complexity index is 713. The van der Waals surface area contributed by atoms with Crippen molar-refractivity contribution in [2.75, 3.05) is 0 Å². The van der Waals surface area contributed by atoms with Gasteiger partial charge in [-0.3, -0.25) is 0 Å². The fourth-order valence-corrected chi connectivity index (χ4v) is 1.61. The number of aromatic carboxylic acids is 1. The lowest BCUT2D eigenvalue weighted by Crippen LogP contribution is -2.09. The van der Waals surface area contributed by atoms with Crippen molar-refractivity contribution in [1.29, 1.82) is 5.26 Å². The highest BCUT2D eigenvalue weighted by Gasteiger charge is 2.37. The van der Waals surface area contributed by atoms with Gasteiger partial charge < -0.3 is 9.67 Å². The number of nitriles is 1. The van der Waals surface area contributed by atoms with Crippen LogP contribution in [-0.2, 0) is 6.18 Å². The average Bonchev–Trinajstić information content (AvgIpc) is 2.84. The van der Waals surface area contributed by atoms with Gasteiger partial charge in [-0.1, -0.05) is 6.07 Å². The van der Waals surface area contributed by atoms with E-state index in [9.17, 15) is 18.0 Å². The number of carboxylic acid groups (broad SMARTS) is 1. The molecule has 0 bridgehead atoms. The molecule has 2 aromatic heterocycles. The Morgan fingerprint density at radius 1 is 1.35 bits per heavy atom. The molecule has 0 aliphatic carbocycles. The number of nitrogens with zero attached hydrogens (tertiary/aromatic N) is 3. The Labute approximate surface area is 110 Å². The van der Waals surface area contributed by atoms with Crippen molar-refractivity contribution >= 4 is 5.97 Å². The normalized spacial score (nSPS) is 11.1. The molecule has 0 aliphatic heterocycles. The minimum Gasteiger partial charge on any atom is -0.478 e. The van der Waals surface area contributed by atoms with Crippen molar-refractivity contribution in [2.45, 2.75) is 6.18 Å². The van der Waals surface area contributed by atoms with Crippen LogP contribution in [0.1, 0.15) is 21.6 Å². The van der Waals surface area contributed by atoms with Crippen molar-refractivity contribution in [2.24, 2.45) is 0 Å². The molecule has 20 heavy (non-hydrogen) atoms. The van der Waals surface area contributed by atoms with E-state index in [0.717, 1.165) is 10.8 Å². The topological polar surface area (TPSA) is 78.9 Å². The van der Waals surface area contributed by atoms with Gasteiger partial charge in [0.1, 0.15) is 17.6 Å². The lowest BCUT2D eigenvalue weighted by Gasteiger charge is -2.04. The molecule has 0 radical (unpaired) electrons. The maximum Gasteiger partial charge on any atom is 0.418 e. The van der Waals surface area contributed by atoms with Crippen LogP contribution in [0.5, 0.6) is 0 Å². The molecule has 2 aromatic rings. The van der Waals surface area contributed by atoms with E-state index in [-0.39, 0.29) is 11.5 Å². The molecule has 1 N–H and O–H groups in total. The fourth-order valence-electron chi connectivity index (χ4n) is 1.61.